The molecule has 0 bridgehead atoms. The van der Waals surface area contributed by atoms with Crippen molar-refractivity contribution in [3.63, 3.8) is 0 Å². The molecule has 0 aromatic heterocycles. The lowest BCUT2D eigenvalue weighted by Gasteiger charge is -2.10. The lowest BCUT2D eigenvalue weighted by Crippen LogP contribution is -2.31. The van der Waals surface area contributed by atoms with Crippen LogP contribution in [0.15, 0.2) is 0 Å². The van der Waals surface area contributed by atoms with Gasteiger partial charge >= 0.3 is 0 Å². The molecule has 0 fully saturated rings. The topological polar surface area (TPSA) is 65.4 Å². The van der Waals surface area contributed by atoms with Gasteiger partial charge in [0.1, 0.15) is 5.92 Å². The summed E-state index contributed by atoms with van der Waals surface area (Å²) >= 11 is 0. The standard InChI is InChI=1S/C10H19N3O2/c1-9(8-11)10(14)12-4-6-15-7-5-13(2)3/h9H,4-7H2,1-3H3,(H,12,14). The van der Waals surface area contributed by atoms with Crippen LogP contribution < -0.4 is 5.32 Å². The summed E-state index contributed by atoms with van der Waals surface area (Å²) in [7, 11) is 3.94. The van der Waals surface area contributed by atoms with Gasteiger partial charge in [-0.1, -0.05) is 0 Å². The summed E-state index contributed by atoms with van der Waals surface area (Å²) < 4.78 is 5.27. The lowest BCUT2D eigenvalue weighted by atomic mass is 10.2. The van der Waals surface area contributed by atoms with Gasteiger partial charge in [0.2, 0.25) is 5.91 Å². The van der Waals surface area contributed by atoms with Crippen LogP contribution in [0, 0.1) is 17.2 Å². The highest BCUT2D eigenvalue weighted by molar-refractivity contribution is 5.80. The van der Waals surface area contributed by atoms with Gasteiger partial charge in [-0.2, -0.15) is 5.26 Å². The van der Waals surface area contributed by atoms with Gasteiger partial charge in [0, 0.05) is 13.1 Å². The van der Waals surface area contributed by atoms with Gasteiger partial charge in [-0.25, -0.2) is 0 Å². The van der Waals surface area contributed by atoms with Crippen LogP contribution in [0.5, 0.6) is 0 Å². The van der Waals surface area contributed by atoms with Crippen LogP contribution in [0.4, 0.5) is 0 Å². The van der Waals surface area contributed by atoms with Crippen molar-refractivity contribution in [2.45, 2.75) is 6.92 Å². The highest BCUT2D eigenvalue weighted by atomic mass is 16.5. The molecule has 0 radical (unpaired) electrons. The Morgan fingerprint density at radius 2 is 2.20 bits per heavy atom. The third-order valence-corrected chi connectivity index (χ3v) is 1.82. The van der Waals surface area contributed by atoms with Crippen molar-refractivity contribution in [2.75, 3.05) is 40.4 Å². The van der Waals surface area contributed by atoms with Crippen molar-refractivity contribution >= 4 is 5.91 Å². The Labute approximate surface area is 91.0 Å². The second-order valence-corrected chi connectivity index (χ2v) is 3.56. The summed E-state index contributed by atoms with van der Waals surface area (Å²) in [6, 6.07) is 1.87. The van der Waals surface area contributed by atoms with Gasteiger partial charge in [-0.3, -0.25) is 4.79 Å². The fraction of sp³-hybridized carbons (Fsp3) is 0.800. The van der Waals surface area contributed by atoms with E-state index in [0.29, 0.717) is 19.8 Å². The van der Waals surface area contributed by atoms with Gasteiger partial charge in [0.05, 0.1) is 19.3 Å². The van der Waals surface area contributed by atoms with Crippen LogP contribution >= 0.6 is 0 Å². The van der Waals surface area contributed by atoms with Crippen molar-refractivity contribution in [1.29, 1.82) is 5.26 Å². The third-order valence-electron chi connectivity index (χ3n) is 1.82. The molecule has 0 aromatic rings. The Kier molecular flexibility index (Phi) is 7.60. The largest absolute Gasteiger partial charge is 0.378 e. The maximum atomic E-state index is 11.1. The molecule has 1 unspecified atom stereocenters. The highest BCUT2D eigenvalue weighted by Gasteiger charge is 2.09. The molecule has 1 atom stereocenters. The van der Waals surface area contributed by atoms with Crippen molar-refractivity contribution in [3.8, 4) is 6.07 Å². The van der Waals surface area contributed by atoms with Crippen molar-refractivity contribution < 1.29 is 9.53 Å². The zero-order valence-corrected chi connectivity index (χ0v) is 9.62. The number of hydrogen-bond donors (Lipinski definition) is 1. The van der Waals surface area contributed by atoms with E-state index < -0.39 is 5.92 Å². The average molecular weight is 213 g/mol. The van der Waals surface area contributed by atoms with Crippen molar-refractivity contribution in [1.82, 2.24) is 10.2 Å². The number of hydrogen-bond acceptors (Lipinski definition) is 4. The zero-order valence-electron chi connectivity index (χ0n) is 9.62. The Hall–Kier alpha value is -1.12. The Balaban J connectivity index is 3.32. The second kappa shape index (κ2) is 8.21. The first-order valence-corrected chi connectivity index (χ1v) is 4.97. The summed E-state index contributed by atoms with van der Waals surface area (Å²) in [5.74, 6) is -0.833. The monoisotopic (exact) mass is 213 g/mol. The van der Waals surface area contributed by atoms with E-state index in [1.54, 1.807) is 6.92 Å². The van der Waals surface area contributed by atoms with Gasteiger partial charge in [0.15, 0.2) is 0 Å². The summed E-state index contributed by atoms with van der Waals surface area (Å²) in [4.78, 5) is 13.1. The molecular formula is C10H19N3O2. The maximum absolute atomic E-state index is 11.1. The van der Waals surface area contributed by atoms with E-state index >= 15 is 0 Å². The highest BCUT2D eigenvalue weighted by Crippen LogP contribution is 1.89. The average Bonchev–Trinajstić information content (AvgIpc) is 2.21. The molecule has 5 nitrogen and oxygen atoms in total. The molecule has 15 heavy (non-hydrogen) atoms. The van der Waals surface area contributed by atoms with E-state index in [2.05, 4.69) is 5.32 Å². The number of nitriles is 1. The van der Waals surface area contributed by atoms with Gasteiger partial charge in [-0.15, -0.1) is 0 Å². The van der Waals surface area contributed by atoms with Crippen LogP contribution in [-0.2, 0) is 9.53 Å². The molecule has 0 aromatic carbocycles. The molecule has 0 rings (SSSR count). The molecule has 1 N–H and O–H groups in total. The molecule has 0 aliphatic carbocycles. The summed E-state index contributed by atoms with van der Waals surface area (Å²) in [6.45, 7) is 4.03. The van der Waals surface area contributed by atoms with Crippen molar-refractivity contribution in [3.05, 3.63) is 0 Å². The number of carbonyl (C=O) groups is 1. The predicted molar refractivity (Wildman–Crippen MR) is 57.2 cm³/mol. The number of likely N-dealkylation sites (N-methyl/N-ethyl adjacent to an activating group) is 1. The van der Waals surface area contributed by atoms with Crippen LogP contribution in [0.3, 0.4) is 0 Å². The first-order valence-electron chi connectivity index (χ1n) is 4.97. The van der Waals surface area contributed by atoms with E-state index in [-0.39, 0.29) is 5.91 Å². The predicted octanol–water partition coefficient (Wildman–Crippen LogP) is -0.160. The van der Waals surface area contributed by atoms with Crippen LogP contribution in [0.2, 0.25) is 0 Å². The number of ether oxygens (including phenoxy) is 1. The molecular weight excluding hydrogens is 194 g/mol. The number of rotatable bonds is 7. The fourth-order valence-electron chi connectivity index (χ4n) is 0.807. The van der Waals surface area contributed by atoms with Crippen LogP contribution in [0.1, 0.15) is 6.92 Å². The van der Waals surface area contributed by atoms with Crippen molar-refractivity contribution in [2.24, 2.45) is 5.92 Å². The summed E-state index contributed by atoms with van der Waals surface area (Å²) in [5.41, 5.74) is 0. The molecule has 0 spiro atoms. The van der Waals surface area contributed by atoms with E-state index in [4.69, 9.17) is 10.00 Å². The quantitative estimate of drug-likeness (QED) is 0.597. The second-order valence-electron chi connectivity index (χ2n) is 3.56. The molecule has 0 aliphatic rings. The zero-order chi connectivity index (χ0) is 11.7. The number of carbonyl (C=O) groups excluding carboxylic acids is 1. The minimum absolute atomic E-state index is 0.242. The first-order chi connectivity index (χ1) is 7.07. The smallest absolute Gasteiger partial charge is 0.237 e. The minimum Gasteiger partial charge on any atom is -0.378 e. The van der Waals surface area contributed by atoms with Gasteiger partial charge in [0.25, 0.3) is 0 Å². The molecule has 1 amide bonds. The van der Waals surface area contributed by atoms with E-state index in [1.165, 1.54) is 0 Å². The Morgan fingerprint density at radius 1 is 1.53 bits per heavy atom. The normalized spacial score (nSPS) is 12.2. The molecule has 0 saturated carbocycles. The summed E-state index contributed by atoms with van der Waals surface area (Å²) in [5, 5.41) is 11.1. The van der Waals surface area contributed by atoms with Crippen LogP contribution in [-0.4, -0.2) is 51.2 Å². The number of nitrogens with one attached hydrogen (secondary N) is 1. The van der Waals surface area contributed by atoms with E-state index in [0.717, 1.165) is 6.54 Å². The van der Waals surface area contributed by atoms with Gasteiger partial charge < -0.3 is 15.0 Å². The molecule has 0 aliphatic heterocycles. The SMILES string of the molecule is CC(C#N)C(=O)NCCOCCN(C)C. The Bertz CT molecular complexity index is 223. The number of nitrogens with zero attached hydrogens (tertiary/aromatic N) is 2. The third kappa shape index (κ3) is 7.91. The minimum atomic E-state index is -0.591. The molecule has 0 saturated heterocycles. The Morgan fingerprint density at radius 3 is 2.73 bits per heavy atom. The number of amides is 1. The summed E-state index contributed by atoms with van der Waals surface area (Å²) in [6.07, 6.45) is 0. The lowest BCUT2D eigenvalue weighted by molar-refractivity contribution is -0.123. The van der Waals surface area contributed by atoms with E-state index in [9.17, 15) is 4.79 Å². The fourth-order valence-corrected chi connectivity index (χ4v) is 0.807. The first kappa shape index (κ1) is 13.9. The maximum Gasteiger partial charge on any atom is 0.237 e. The molecule has 86 valence electrons. The molecule has 5 heteroatoms. The van der Waals surface area contributed by atoms with E-state index in [1.807, 2.05) is 25.1 Å². The van der Waals surface area contributed by atoms with Gasteiger partial charge in [-0.05, 0) is 21.0 Å². The van der Waals surface area contributed by atoms with Crippen LogP contribution in [0.25, 0.3) is 0 Å². The molecule has 0 heterocycles.